The average molecular weight is 357 g/mol. The highest BCUT2D eigenvalue weighted by molar-refractivity contribution is 6.13. The van der Waals surface area contributed by atoms with Crippen molar-refractivity contribution in [1.29, 1.82) is 0 Å². The van der Waals surface area contributed by atoms with Crippen LogP contribution in [0.4, 0.5) is 10.1 Å². The SMILES string of the molecule is Cc1ccc(NC(=O)c2cc(-c3cccnc3)nc3ccccc23)cc1F. The van der Waals surface area contributed by atoms with E-state index in [9.17, 15) is 9.18 Å². The molecule has 0 saturated carbocycles. The standard InChI is InChI=1S/C22H16FN3O/c1-14-8-9-16(11-19(14)23)25-22(27)18-12-21(15-5-4-10-24-13-15)26-20-7-3-2-6-17(18)20/h2-13H,1H3,(H,25,27). The van der Waals surface area contributed by atoms with Crippen molar-refractivity contribution in [2.24, 2.45) is 0 Å². The molecule has 0 saturated heterocycles. The fourth-order valence-electron chi connectivity index (χ4n) is 2.89. The Hall–Kier alpha value is -3.60. The number of hydrogen-bond acceptors (Lipinski definition) is 3. The minimum absolute atomic E-state index is 0.318. The van der Waals surface area contributed by atoms with Gasteiger partial charge in [-0.2, -0.15) is 0 Å². The van der Waals surface area contributed by atoms with Crippen LogP contribution in [-0.4, -0.2) is 15.9 Å². The second-order valence-electron chi connectivity index (χ2n) is 6.23. The Bertz CT molecular complexity index is 1140. The number of amides is 1. The highest BCUT2D eigenvalue weighted by Gasteiger charge is 2.14. The molecule has 0 atom stereocenters. The maximum absolute atomic E-state index is 13.8. The van der Waals surface area contributed by atoms with E-state index >= 15 is 0 Å². The average Bonchev–Trinajstić information content (AvgIpc) is 2.70. The Kier molecular flexibility index (Phi) is 4.34. The second kappa shape index (κ2) is 6.96. The van der Waals surface area contributed by atoms with Crippen LogP contribution in [0.25, 0.3) is 22.2 Å². The predicted octanol–water partition coefficient (Wildman–Crippen LogP) is 5.00. The number of pyridine rings is 2. The molecule has 4 rings (SSSR count). The first kappa shape index (κ1) is 16.8. The quantitative estimate of drug-likeness (QED) is 0.561. The van der Waals surface area contributed by atoms with Crippen molar-refractivity contribution >= 4 is 22.5 Å². The van der Waals surface area contributed by atoms with E-state index < -0.39 is 0 Å². The summed E-state index contributed by atoms with van der Waals surface area (Å²) >= 11 is 0. The molecule has 0 spiro atoms. The number of nitrogens with one attached hydrogen (secondary N) is 1. The van der Waals surface area contributed by atoms with Crippen molar-refractivity contribution in [3.05, 3.63) is 90.0 Å². The summed E-state index contributed by atoms with van der Waals surface area (Å²) in [7, 11) is 0. The van der Waals surface area contributed by atoms with Crippen LogP contribution >= 0.6 is 0 Å². The lowest BCUT2D eigenvalue weighted by atomic mass is 10.0. The van der Waals surface area contributed by atoms with Crippen LogP contribution in [0, 0.1) is 12.7 Å². The van der Waals surface area contributed by atoms with Gasteiger partial charge < -0.3 is 5.32 Å². The van der Waals surface area contributed by atoms with Crippen molar-refractivity contribution in [2.45, 2.75) is 6.92 Å². The van der Waals surface area contributed by atoms with Crippen LogP contribution in [0.3, 0.4) is 0 Å². The number of fused-ring (bicyclic) bond motifs is 1. The van der Waals surface area contributed by atoms with E-state index in [1.165, 1.54) is 6.07 Å². The summed E-state index contributed by atoms with van der Waals surface area (Å²) in [5, 5.41) is 3.51. The molecule has 0 unspecified atom stereocenters. The van der Waals surface area contributed by atoms with Gasteiger partial charge in [-0.3, -0.25) is 9.78 Å². The maximum atomic E-state index is 13.8. The molecule has 132 valence electrons. The zero-order chi connectivity index (χ0) is 18.8. The zero-order valence-corrected chi connectivity index (χ0v) is 14.6. The fraction of sp³-hybridized carbons (Fsp3) is 0.0455. The number of carbonyl (C=O) groups is 1. The molecule has 0 aliphatic carbocycles. The Labute approximate surface area is 155 Å². The molecule has 2 aromatic carbocycles. The lowest BCUT2D eigenvalue weighted by Gasteiger charge is -2.11. The number of nitrogens with zero attached hydrogens (tertiary/aromatic N) is 2. The number of hydrogen-bond donors (Lipinski definition) is 1. The molecule has 0 fully saturated rings. The number of rotatable bonds is 3. The molecule has 0 aliphatic rings. The van der Waals surface area contributed by atoms with E-state index in [2.05, 4.69) is 15.3 Å². The topological polar surface area (TPSA) is 54.9 Å². The molecule has 5 heteroatoms. The van der Waals surface area contributed by atoms with Gasteiger partial charge in [0.15, 0.2) is 0 Å². The number of aromatic nitrogens is 2. The molecule has 1 amide bonds. The van der Waals surface area contributed by atoms with Crippen LogP contribution in [0.2, 0.25) is 0 Å². The third kappa shape index (κ3) is 3.40. The summed E-state index contributed by atoms with van der Waals surface area (Å²) in [5.41, 5.74) is 3.59. The number of para-hydroxylation sites is 1. The summed E-state index contributed by atoms with van der Waals surface area (Å²) in [6.07, 6.45) is 3.39. The molecule has 2 heterocycles. The van der Waals surface area contributed by atoms with E-state index in [0.29, 0.717) is 28.0 Å². The minimum Gasteiger partial charge on any atom is -0.322 e. The Morgan fingerprint density at radius 1 is 1.04 bits per heavy atom. The van der Waals surface area contributed by atoms with Crippen LogP contribution in [0.1, 0.15) is 15.9 Å². The molecule has 27 heavy (non-hydrogen) atoms. The molecule has 0 aliphatic heterocycles. The van der Waals surface area contributed by atoms with Crippen molar-refractivity contribution < 1.29 is 9.18 Å². The Morgan fingerprint density at radius 2 is 1.89 bits per heavy atom. The van der Waals surface area contributed by atoms with Crippen molar-refractivity contribution in [1.82, 2.24) is 9.97 Å². The normalized spacial score (nSPS) is 10.7. The van der Waals surface area contributed by atoms with Gasteiger partial charge in [0.05, 0.1) is 16.8 Å². The lowest BCUT2D eigenvalue weighted by molar-refractivity contribution is 0.102. The van der Waals surface area contributed by atoms with Gasteiger partial charge in [0.25, 0.3) is 5.91 Å². The van der Waals surface area contributed by atoms with Gasteiger partial charge in [0.2, 0.25) is 0 Å². The predicted molar refractivity (Wildman–Crippen MR) is 104 cm³/mol. The first-order chi connectivity index (χ1) is 13.1. The van der Waals surface area contributed by atoms with Crippen molar-refractivity contribution in [3.63, 3.8) is 0 Å². The highest BCUT2D eigenvalue weighted by Crippen LogP contribution is 2.25. The largest absolute Gasteiger partial charge is 0.322 e. The fourth-order valence-corrected chi connectivity index (χ4v) is 2.89. The summed E-state index contributed by atoms with van der Waals surface area (Å²) in [6, 6.07) is 17.5. The van der Waals surface area contributed by atoms with E-state index in [0.717, 1.165) is 10.9 Å². The van der Waals surface area contributed by atoms with Gasteiger partial charge in [-0.1, -0.05) is 24.3 Å². The zero-order valence-electron chi connectivity index (χ0n) is 14.6. The number of anilines is 1. The number of aryl methyl sites for hydroxylation is 1. The number of carbonyl (C=O) groups excluding carboxylic acids is 1. The summed E-state index contributed by atoms with van der Waals surface area (Å²) in [6.45, 7) is 1.68. The van der Waals surface area contributed by atoms with E-state index in [1.54, 1.807) is 37.5 Å². The lowest BCUT2D eigenvalue weighted by Crippen LogP contribution is -2.13. The first-order valence-corrected chi connectivity index (χ1v) is 8.49. The van der Waals surface area contributed by atoms with Crippen LogP contribution < -0.4 is 5.32 Å². The van der Waals surface area contributed by atoms with Gasteiger partial charge >= 0.3 is 0 Å². The molecule has 0 radical (unpaired) electrons. The van der Waals surface area contributed by atoms with Crippen LogP contribution in [-0.2, 0) is 0 Å². The molecule has 2 aromatic heterocycles. The summed E-state index contributed by atoms with van der Waals surface area (Å²) in [5.74, 6) is -0.676. The van der Waals surface area contributed by atoms with Gasteiger partial charge in [-0.05, 0) is 48.9 Å². The monoisotopic (exact) mass is 357 g/mol. The highest BCUT2D eigenvalue weighted by atomic mass is 19.1. The van der Waals surface area contributed by atoms with Crippen LogP contribution in [0.15, 0.2) is 73.1 Å². The molecule has 1 N–H and O–H groups in total. The number of benzene rings is 2. The smallest absolute Gasteiger partial charge is 0.256 e. The van der Waals surface area contributed by atoms with Crippen molar-refractivity contribution in [3.8, 4) is 11.3 Å². The van der Waals surface area contributed by atoms with Gasteiger partial charge in [0.1, 0.15) is 5.82 Å². The second-order valence-corrected chi connectivity index (χ2v) is 6.23. The van der Waals surface area contributed by atoms with E-state index in [-0.39, 0.29) is 11.7 Å². The Balaban J connectivity index is 1.79. The van der Waals surface area contributed by atoms with E-state index in [1.807, 2.05) is 36.4 Å². The molecule has 4 aromatic rings. The maximum Gasteiger partial charge on any atom is 0.256 e. The van der Waals surface area contributed by atoms with Crippen molar-refractivity contribution in [2.75, 3.05) is 5.32 Å². The van der Waals surface area contributed by atoms with Gasteiger partial charge in [0, 0.05) is 29.0 Å². The summed E-state index contributed by atoms with van der Waals surface area (Å²) in [4.78, 5) is 21.7. The molecular formula is C22H16FN3O. The third-order valence-corrected chi connectivity index (χ3v) is 4.35. The Morgan fingerprint density at radius 3 is 2.67 bits per heavy atom. The molecule has 0 bridgehead atoms. The first-order valence-electron chi connectivity index (χ1n) is 8.49. The van der Waals surface area contributed by atoms with Gasteiger partial charge in [-0.15, -0.1) is 0 Å². The molecular weight excluding hydrogens is 341 g/mol. The van der Waals surface area contributed by atoms with Crippen LogP contribution in [0.5, 0.6) is 0 Å². The third-order valence-electron chi connectivity index (χ3n) is 4.35. The van der Waals surface area contributed by atoms with E-state index in [4.69, 9.17) is 0 Å². The number of halogens is 1. The summed E-state index contributed by atoms with van der Waals surface area (Å²) < 4.78 is 13.8. The van der Waals surface area contributed by atoms with Gasteiger partial charge in [-0.25, -0.2) is 9.37 Å². The molecule has 4 nitrogen and oxygen atoms in total. The minimum atomic E-state index is -0.358.